The molecule has 94 valence electrons. The van der Waals surface area contributed by atoms with Crippen molar-refractivity contribution in [2.24, 2.45) is 16.8 Å². The van der Waals surface area contributed by atoms with Crippen molar-refractivity contribution in [2.45, 2.75) is 65.0 Å². The van der Waals surface area contributed by atoms with Gasteiger partial charge in [-0.1, -0.05) is 26.7 Å². The molecule has 4 nitrogen and oxygen atoms in total. The van der Waals surface area contributed by atoms with Crippen molar-refractivity contribution in [3.8, 4) is 0 Å². The van der Waals surface area contributed by atoms with Gasteiger partial charge in [0.2, 0.25) is 5.96 Å². The molecule has 0 radical (unpaired) electrons. The highest BCUT2D eigenvalue weighted by Crippen LogP contribution is 2.20. The Hall–Kier alpha value is -0.770. The molecule has 1 fully saturated rings. The molecule has 1 aliphatic carbocycles. The summed E-state index contributed by atoms with van der Waals surface area (Å²) >= 11 is 0. The Morgan fingerprint density at radius 2 is 1.94 bits per heavy atom. The molecular formula is C12H26N4. The highest BCUT2D eigenvalue weighted by atomic mass is 15.3. The molecule has 0 amide bonds. The van der Waals surface area contributed by atoms with Crippen molar-refractivity contribution >= 4 is 5.96 Å². The smallest absolute Gasteiger partial charge is 0.206 e. The molecule has 1 aliphatic rings. The van der Waals surface area contributed by atoms with E-state index in [1.165, 1.54) is 25.7 Å². The van der Waals surface area contributed by atoms with Gasteiger partial charge >= 0.3 is 0 Å². The van der Waals surface area contributed by atoms with Gasteiger partial charge in [-0.25, -0.2) is 10.8 Å². The molecule has 1 saturated carbocycles. The molecule has 1 atom stereocenters. The second-order valence-electron chi connectivity index (χ2n) is 5.24. The molecule has 0 heterocycles. The number of nitrogens with one attached hydrogen (secondary N) is 2. The number of hydrogen-bond donors (Lipinski definition) is 3. The van der Waals surface area contributed by atoms with Crippen LogP contribution >= 0.6 is 0 Å². The molecule has 0 aromatic heterocycles. The highest BCUT2D eigenvalue weighted by molar-refractivity contribution is 5.79. The molecule has 16 heavy (non-hydrogen) atoms. The van der Waals surface area contributed by atoms with E-state index in [1.54, 1.807) is 0 Å². The highest BCUT2D eigenvalue weighted by Gasteiger charge is 2.15. The van der Waals surface area contributed by atoms with Crippen LogP contribution in [0.2, 0.25) is 0 Å². The Morgan fingerprint density at radius 1 is 1.31 bits per heavy atom. The summed E-state index contributed by atoms with van der Waals surface area (Å²) in [6, 6.07) is 0.876. The summed E-state index contributed by atoms with van der Waals surface area (Å²) in [7, 11) is 0. The van der Waals surface area contributed by atoms with E-state index in [-0.39, 0.29) is 0 Å². The summed E-state index contributed by atoms with van der Waals surface area (Å²) in [5.74, 6) is 6.92. The van der Waals surface area contributed by atoms with Gasteiger partial charge in [0.15, 0.2) is 0 Å². The van der Waals surface area contributed by atoms with Crippen molar-refractivity contribution in [1.29, 1.82) is 0 Å². The van der Waals surface area contributed by atoms with E-state index in [2.05, 4.69) is 36.5 Å². The van der Waals surface area contributed by atoms with Crippen molar-refractivity contribution in [2.75, 3.05) is 0 Å². The Labute approximate surface area is 99.1 Å². The number of nitrogens with two attached hydrogens (primary N) is 1. The molecule has 4 N–H and O–H groups in total. The number of hydrazine groups is 1. The van der Waals surface area contributed by atoms with Gasteiger partial charge in [-0.3, -0.25) is 5.43 Å². The molecule has 0 saturated heterocycles. The van der Waals surface area contributed by atoms with Gasteiger partial charge in [0, 0.05) is 6.04 Å². The normalized spacial score (nSPS) is 20.2. The molecule has 0 aliphatic heterocycles. The van der Waals surface area contributed by atoms with E-state index >= 15 is 0 Å². The first-order chi connectivity index (χ1) is 7.61. The summed E-state index contributed by atoms with van der Waals surface area (Å²) < 4.78 is 0. The maximum absolute atomic E-state index is 5.49. The van der Waals surface area contributed by atoms with Gasteiger partial charge in [0.25, 0.3) is 0 Å². The van der Waals surface area contributed by atoms with Crippen LogP contribution in [-0.4, -0.2) is 18.0 Å². The SMILES string of the molecule is CC(C)CC(C)NC(=NC1CCCC1)NN. The van der Waals surface area contributed by atoms with E-state index in [0.717, 1.165) is 12.4 Å². The molecule has 0 spiro atoms. The lowest BCUT2D eigenvalue weighted by molar-refractivity contribution is 0.485. The number of hydrogen-bond acceptors (Lipinski definition) is 2. The van der Waals surface area contributed by atoms with Gasteiger partial charge in [-0.2, -0.15) is 0 Å². The maximum atomic E-state index is 5.49. The van der Waals surface area contributed by atoms with Crippen molar-refractivity contribution in [1.82, 2.24) is 10.7 Å². The fraction of sp³-hybridized carbons (Fsp3) is 0.917. The third kappa shape index (κ3) is 4.84. The van der Waals surface area contributed by atoms with E-state index in [1.807, 2.05) is 0 Å². The predicted octanol–water partition coefficient (Wildman–Crippen LogP) is 1.77. The van der Waals surface area contributed by atoms with Gasteiger partial charge in [-0.15, -0.1) is 0 Å². The number of aliphatic imine (C=N–C) groups is 1. The predicted molar refractivity (Wildman–Crippen MR) is 69.1 cm³/mol. The summed E-state index contributed by atoms with van der Waals surface area (Å²) in [6.07, 6.45) is 6.13. The number of guanidine groups is 1. The molecule has 0 aromatic rings. The standard InChI is InChI=1S/C12H26N4/c1-9(2)8-10(3)14-12(16-13)15-11-6-4-5-7-11/h9-11H,4-8,13H2,1-3H3,(H2,14,15,16). The molecule has 0 bridgehead atoms. The Kier molecular flexibility index (Phi) is 5.60. The fourth-order valence-corrected chi connectivity index (χ4v) is 2.33. The van der Waals surface area contributed by atoms with Crippen molar-refractivity contribution < 1.29 is 0 Å². The van der Waals surface area contributed by atoms with Crippen LogP contribution in [0.1, 0.15) is 52.9 Å². The fourth-order valence-electron chi connectivity index (χ4n) is 2.33. The topological polar surface area (TPSA) is 62.4 Å². The lowest BCUT2D eigenvalue weighted by atomic mass is 10.1. The summed E-state index contributed by atoms with van der Waals surface area (Å²) in [4.78, 5) is 4.61. The summed E-state index contributed by atoms with van der Waals surface area (Å²) in [5, 5.41) is 3.34. The second-order valence-corrected chi connectivity index (χ2v) is 5.24. The van der Waals surface area contributed by atoms with Crippen LogP contribution in [-0.2, 0) is 0 Å². The van der Waals surface area contributed by atoms with Crippen LogP contribution in [0.5, 0.6) is 0 Å². The summed E-state index contributed by atoms with van der Waals surface area (Å²) in [5.41, 5.74) is 2.67. The van der Waals surface area contributed by atoms with Crippen molar-refractivity contribution in [3.63, 3.8) is 0 Å². The molecular weight excluding hydrogens is 200 g/mol. The Bertz CT molecular complexity index is 219. The van der Waals surface area contributed by atoms with E-state index in [4.69, 9.17) is 5.84 Å². The van der Waals surface area contributed by atoms with E-state index in [9.17, 15) is 0 Å². The monoisotopic (exact) mass is 226 g/mol. The lowest BCUT2D eigenvalue weighted by Crippen LogP contribution is -2.46. The van der Waals surface area contributed by atoms with Crippen LogP contribution in [0.25, 0.3) is 0 Å². The average molecular weight is 226 g/mol. The van der Waals surface area contributed by atoms with Crippen LogP contribution in [0.3, 0.4) is 0 Å². The minimum atomic E-state index is 0.413. The first kappa shape index (κ1) is 13.3. The van der Waals surface area contributed by atoms with Crippen LogP contribution in [0.4, 0.5) is 0 Å². The van der Waals surface area contributed by atoms with E-state index < -0.39 is 0 Å². The van der Waals surface area contributed by atoms with Gasteiger partial charge in [-0.05, 0) is 32.1 Å². The Balaban J connectivity index is 2.40. The lowest BCUT2D eigenvalue weighted by Gasteiger charge is -2.19. The molecule has 1 unspecified atom stereocenters. The molecule has 4 heteroatoms. The number of nitrogens with zero attached hydrogens (tertiary/aromatic N) is 1. The first-order valence-electron chi connectivity index (χ1n) is 6.42. The summed E-state index contributed by atoms with van der Waals surface area (Å²) in [6.45, 7) is 6.62. The second kappa shape index (κ2) is 6.74. The van der Waals surface area contributed by atoms with Gasteiger partial charge in [0.05, 0.1) is 6.04 Å². The molecule has 1 rings (SSSR count). The first-order valence-corrected chi connectivity index (χ1v) is 6.42. The van der Waals surface area contributed by atoms with Gasteiger partial charge in [0.1, 0.15) is 0 Å². The maximum Gasteiger partial charge on any atom is 0.206 e. The molecule has 0 aromatic carbocycles. The zero-order valence-electron chi connectivity index (χ0n) is 10.8. The minimum Gasteiger partial charge on any atom is -0.353 e. The van der Waals surface area contributed by atoms with E-state index in [0.29, 0.717) is 18.0 Å². The van der Waals surface area contributed by atoms with Crippen LogP contribution < -0.4 is 16.6 Å². The third-order valence-electron chi connectivity index (χ3n) is 2.98. The number of rotatable bonds is 4. The van der Waals surface area contributed by atoms with Crippen molar-refractivity contribution in [3.05, 3.63) is 0 Å². The zero-order chi connectivity index (χ0) is 12.0. The quantitative estimate of drug-likeness (QED) is 0.296. The third-order valence-corrected chi connectivity index (χ3v) is 2.98. The largest absolute Gasteiger partial charge is 0.353 e. The van der Waals surface area contributed by atoms with Gasteiger partial charge < -0.3 is 5.32 Å². The average Bonchev–Trinajstić information content (AvgIpc) is 2.68. The van der Waals surface area contributed by atoms with Crippen LogP contribution in [0.15, 0.2) is 4.99 Å². The zero-order valence-corrected chi connectivity index (χ0v) is 10.8. The van der Waals surface area contributed by atoms with Crippen LogP contribution in [0, 0.1) is 5.92 Å². The minimum absolute atomic E-state index is 0.413. The Morgan fingerprint density at radius 3 is 2.44 bits per heavy atom.